The molecule has 2 heterocycles. The second-order valence-electron chi connectivity index (χ2n) is 6.69. The largest absolute Gasteiger partial charge is 0.457 e. The lowest BCUT2D eigenvalue weighted by Crippen LogP contribution is -2.30. The first-order valence-electron chi connectivity index (χ1n) is 8.86. The number of imide groups is 1. The van der Waals surface area contributed by atoms with Gasteiger partial charge in [-0.1, -0.05) is 45.7 Å². The summed E-state index contributed by atoms with van der Waals surface area (Å²) in [7, 11) is 0. The Labute approximate surface area is 181 Å². The molecule has 4 rings (SSSR count). The lowest BCUT2D eigenvalue weighted by molar-refractivity contribution is -0.123. The molecule has 0 aliphatic carbocycles. The summed E-state index contributed by atoms with van der Waals surface area (Å²) < 4.78 is 6.78. The molecule has 29 heavy (non-hydrogen) atoms. The second kappa shape index (κ2) is 7.89. The molecule has 1 N–H and O–H groups in total. The molecule has 3 amide bonds. The van der Waals surface area contributed by atoms with Crippen molar-refractivity contribution in [2.45, 2.75) is 13.5 Å². The SMILES string of the molecule is Cc1ccc(-c2ccc(/C=C3/NC(=O)N(Cc4ccc(Cl)cc4)C3=O)o2)c(Br)c1. The Morgan fingerprint density at radius 1 is 1.10 bits per heavy atom. The van der Waals surface area contributed by atoms with E-state index in [4.69, 9.17) is 16.0 Å². The van der Waals surface area contributed by atoms with Crippen LogP contribution in [0.15, 0.2) is 69.2 Å². The maximum Gasteiger partial charge on any atom is 0.329 e. The third-order valence-corrected chi connectivity index (χ3v) is 5.43. The van der Waals surface area contributed by atoms with Crippen molar-refractivity contribution in [2.24, 2.45) is 0 Å². The van der Waals surface area contributed by atoms with E-state index >= 15 is 0 Å². The molecule has 0 bridgehead atoms. The molecule has 1 aromatic heterocycles. The number of hydrogen-bond donors (Lipinski definition) is 1. The van der Waals surface area contributed by atoms with E-state index in [1.807, 2.05) is 31.2 Å². The van der Waals surface area contributed by atoms with Crippen LogP contribution in [0.3, 0.4) is 0 Å². The topological polar surface area (TPSA) is 62.6 Å². The fourth-order valence-electron chi connectivity index (χ4n) is 3.02. The molecular formula is C22H16BrClN2O3. The zero-order valence-corrected chi connectivity index (χ0v) is 17.8. The first-order chi connectivity index (χ1) is 13.9. The molecule has 1 fully saturated rings. The zero-order chi connectivity index (χ0) is 20.5. The normalized spacial score (nSPS) is 15.3. The molecule has 0 radical (unpaired) electrons. The summed E-state index contributed by atoms with van der Waals surface area (Å²) in [5.41, 5.74) is 3.03. The molecule has 0 unspecified atom stereocenters. The van der Waals surface area contributed by atoms with E-state index in [2.05, 4.69) is 21.2 Å². The monoisotopic (exact) mass is 470 g/mol. The van der Waals surface area contributed by atoms with Crippen molar-refractivity contribution in [3.05, 3.63) is 86.7 Å². The van der Waals surface area contributed by atoms with Gasteiger partial charge in [0.1, 0.15) is 17.2 Å². The highest BCUT2D eigenvalue weighted by molar-refractivity contribution is 9.10. The molecule has 3 aromatic rings. The number of rotatable bonds is 4. The van der Waals surface area contributed by atoms with Crippen LogP contribution in [0.1, 0.15) is 16.9 Å². The highest BCUT2D eigenvalue weighted by Crippen LogP contribution is 2.31. The van der Waals surface area contributed by atoms with Crippen LogP contribution in [0.25, 0.3) is 17.4 Å². The van der Waals surface area contributed by atoms with Gasteiger partial charge in [-0.2, -0.15) is 0 Å². The number of carbonyl (C=O) groups excluding carboxylic acids is 2. The molecule has 146 valence electrons. The van der Waals surface area contributed by atoms with Gasteiger partial charge in [-0.25, -0.2) is 4.79 Å². The average Bonchev–Trinajstić information content (AvgIpc) is 3.24. The molecule has 1 saturated heterocycles. The number of nitrogens with zero attached hydrogens (tertiary/aromatic N) is 1. The predicted octanol–water partition coefficient (Wildman–Crippen LogP) is 5.76. The summed E-state index contributed by atoms with van der Waals surface area (Å²) in [4.78, 5) is 26.1. The first kappa shape index (κ1) is 19.5. The maximum absolute atomic E-state index is 12.7. The highest BCUT2D eigenvalue weighted by Gasteiger charge is 2.33. The van der Waals surface area contributed by atoms with Gasteiger partial charge in [-0.05, 0) is 54.4 Å². The number of nitrogens with one attached hydrogen (secondary N) is 1. The third kappa shape index (κ3) is 4.13. The zero-order valence-electron chi connectivity index (χ0n) is 15.4. The number of hydrogen-bond acceptors (Lipinski definition) is 3. The fourth-order valence-corrected chi connectivity index (χ4v) is 3.84. The number of amides is 3. The van der Waals surface area contributed by atoms with Crippen LogP contribution in [-0.2, 0) is 11.3 Å². The Bertz CT molecular complexity index is 1140. The summed E-state index contributed by atoms with van der Waals surface area (Å²) in [6.07, 6.45) is 1.54. The van der Waals surface area contributed by atoms with Crippen molar-refractivity contribution in [3.63, 3.8) is 0 Å². The summed E-state index contributed by atoms with van der Waals surface area (Å²) in [6.45, 7) is 2.18. The summed E-state index contributed by atoms with van der Waals surface area (Å²) in [6, 6.07) is 16.1. The minimum atomic E-state index is -0.468. The Balaban J connectivity index is 1.54. The van der Waals surface area contributed by atoms with Gasteiger partial charge >= 0.3 is 6.03 Å². The molecule has 5 nitrogen and oxygen atoms in total. The van der Waals surface area contributed by atoms with Crippen LogP contribution < -0.4 is 5.32 Å². The predicted molar refractivity (Wildman–Crippen MR) is 115 cm³/mol. The van der Waals surface area contributed by atoms with E-state index in [1.54, 1.807) is 30.3 Å². The third-order valence-electron chi connectivity index (χ3n) is 4.52. The number of benzene rings is 2. The molecule has 1 aliphatic rings. The van der Waals surface area contributed by atoms with Crippen LogP contribution >= 0.6 is 27.5 Å². The van der Waals surface area contributed by atoms with Crippen molar-refractivity contribution >= 4 is 45.5 Å². The van der Waals surface area contributed by atoms with Gasteiger partial charge in [-0.15, -0.1) is 0 Å². The van der Waals surface area contributed by atoms with Crippen LogP contribution in [0.4, 0.5) is 4.79 Å². The summed E-state index contributed by atoms with van der Waals surface area (Å²) in [5, 5.41) is 3.20. The highest BCUT2D eigenvalue weighted by atomic mass is 79.9. The van der Waals surface area contributed by atoms with Gasteiger partial charge in [0, 0.05) is 21.1 Å². The van der Waals surface area contributed by atoms with E-state index in [-0.39, 0.29) is 12.2 Å². The van der Waals surface area contributed by atoms with Crippen molar-refractivity contribution < 1.29 is 14.0 Å². The van der Waals surface area contributed by atoms with Gasteiger partial charge in [0.25, 0.3) is 5.91 Å². The minimum Gasteiger partial charge on any atom is -0.457 e. The maximum atomic E-state index is 12.7. The van der Waals surface area contributed by atoms with Gasteiger partial charge in [0.15, 0.2) is 0 Å². The number of urea groups is 1. The Hall–Kier alpha value is -2.83. The fraction of sp³-hybridized carbons (Fsp3) is 0.0909. The van der Waals surface area contributed by atoms with Crippen LogP contribution in [-0.4, -0.2) is 16.8 Å². The summed E-state index contributed by atoms with van der Waals surface area (Å²) >= 11 is 9.42. The number of furan rings is 1. The Kier molecular flexibility index (Phi) is 5.30. The van der Waals surface area contributed by atoms with Crippen molar-refractivity contribution in [3.8, 4) is 11.3 Å². The molecule has 0 saturated carbocycles. The number of halogens is 2. The molecule has 0 spiro atoms. The van der Waals surface area contributed by atoms with Crippen LogP contribution in [0.5, 0.6) is 0 Å². The van der Waals surface area contributed by atoms with E-state index in [0.29, 0.717) is 16.5 Å². The Morgan fingerprint density at radius 3 is 2.59 bits per heavy atom. The molecule has 1 aliphatic heterocycles. The number of carbonyl (C=O) groups is 2. The molecule has 2 aromatic carbocycles. The van der Waals surface area contributed by atoms with Gasteiger partial charge in [0.05, 0.1) is 6.54 Å². The number of aryl methyl sites for hydroxylation is 1. The van der Waals surface area contributed by atoms with Gasteiger partial charge in [-0.3, -0.25) is 9.69 Å². The van der Waals surface area contributed by atoms with Gasteiger partial charge in [0.2, 0.25) is 0 Å². The molecular weight excluding hydrogens is 456 g/mol. The lowest BCUT2D eigenvalue weighted by atomic mass is 10.1. The molecule has 7 heteroatoms. The van der Waals surface area contributed by atoms with E-state index < -0.39 is 11.9 Å². The Morgan fingerprint density at radius 2 is 1.86 bits per heavy atom. The summed E-state index contributed by atoms with van der Waals surface area (Å²) in [5.74, 6) is 0.738. The smallest absolute Gasteiger partial charge is 0.329 e. The van der Waals surface area contributed by atoms with E-state index in [0.717, 1.165) is 26.1 Å². The van der Waals surface area contributed by atoms with Crippen molar-refractivity contribution in [1.29, 1.82) is 0 Å². The van der Waals surface area contributed by atoms with Crippen LogP contribution in [0.2, 0.25) is 5.02 Å². The quantitative estimate of drug-likeness (QED) is 0.388. The van der Waals surface area contributed by atoms with Gasteiger partial charge < -0.3 is 9.73 Å². The van der Waals surface area contributed by atoms with E-state index in [1.165, 1.54) is 6.08 Å². The van der Waals surface area contributed by atoms with E-state index in [9.17, 15) is 9.59 Å². The van der Waals surface area contributed by atoms with Crippen molar-refractivity contribution in [1.82, 2.24) is 10.2 Å². The molecule has 0 atom stereocenters. The van der Waals surface area contributed by atoms with Crippen molar-refractivity contribution in [2.75, 3.05) is 0 Å². The minimum absolute atomic E-state index is 0.166. The van der Waals surface area contributed by atoms with Crippen LogP contribution in [0, 0.1) is 6.92 Å². The first-order valence-corrected chi connectivity index (χ1v) is 10.0. The lowest BCUT2D eigenvalue weighted by Gasteiger charge is -2.11. The average molecular weight is 472 g/mol. The standard InChI is InChI=1S/C22H16BrClN2O3/c1-13-2-8-17(18(23)10-13)20-9-7-16(29-20)11-19-21(27)26(22(28)25-19)12-14-3-5-15(24)6-4-14/h2-11H,12H2,1H3,(H,25,28)/b19-11+. The second-order valence-corrected chi connectivity index (χ2v) is 7.98.